The Kier molecular flexibility index (Phi) is 6.15. The van der Waals surface area contributed by atoms with E-state index in [0.29, 0.717) is 46.1 Å². The summed E-state index contributed by atoms with van der Waals surface area (Å²) in [6.07, 6.45) is 2.26. The molecule has 1 aliphatic rings. The second-order valence-electron chi connectivity index (χ2n) is 8.58. The van der Waals surface area contributed by atoms with Crippen LogP contribution >= 0.6 is 12.2 Å². The lowest BCUT2D eigenvalue weighted by Crippen LogP contribution is -2.55. The van der Waals surface area contributed by atoms with Gasteiger partial charge in [0.15, 0.2) is 4.64 Å². The third-order valence-corrected chi connectivity index (χ3v) is 7.42. The highest BCUT2D eigenvalue weighted by Gasteiger charge is 2.32. The summed E-state index contributed by atoms with van der Waals surface area (Å²) in [4.78, 5) is 7.52. The fraction of sp³-hybridized carbons (Fsp3) is 0.542. The van der Waals surface area contributed by atoms with Gasteiger partial charge in [-0.25, -0.2) is 13.4 Å². The predicted octanol–water partition coefficient (Wildman–Crippen LogP) is 3.81. The van der Waals surface area contributed by atoms with E-state index in [0.717, 1.165) is 12.1 Å². The van der Waals surface area contributed by atoms with Gasteiger partial charge in [-0.15, -0.1) is 0 Å². The maximum Gasteiger partial charge on any atom is 0.243 e. The van der Waals surface area contributed by atoms with E-state index in [1.807, 2.05) is 13.8 Å². The number of rotatable bonds is 8. The number of aryl methyl sites for hydroxylation is 2. The van der Waals surface area contributed by atoms with E-state index in [-0.39, 0.29) is 15.4 Å². The zero-order valence-electron chi connectivity index (χ0n) is 24.5. The zero-order valence-corrected chi connectivity index (χ0v) is 22.2. The molecule has 1 fully saturated rings. The Morgan fingerprint density at radius 1 is 1.23 bits per heavy atom. The van der Waals surface area contributed by atoms with E-state index in [1.54, 1.807) is 11.7 Å². The van der Waals surface area contributed by atoms with Crippen LogP contribution in [0.1, 0.15) is 51.7 Å². The van der Waals surface area contributed by atoms with Gasteiger partial charge in [-0.1, -0.05) is 32.5 Å². The molecular weight excluding hydrogens is 484 g/mol. The summed E-state index contributed by atoms with van der Waals surface area (Å²) in [5, 5.41) is 7.38. The molecule has 2 atom stereocenters. The van der Waals surface area contributed by atoms with Crippen molar-refractivity contribution in [3.8, 4) is 17.1 Å². The molecule has 0 unspecified atom stereocenters. The largest absolute Gasteiger partial charge is 0.493 e. The van der Waals surface area contributed by atoms with Crippen LogP contribution in [0.4, 0.5) is 0 Å². The van der Waals surface area contributed by atoms with Gasteiger partial charge in [0.1, 0.15) is 17.1 Å². The van der Waals surface area contributed by atoms with Crippen molar-refractivity contribution < 1.29 is 18.6 Å². The van der Waals surface area contributed by atoms with Gasteiger partial charge in [-0.3, -0.25) is 4.68 Å². The number of hydrogen-bond acceptors (Lipinski definition) is 7. The van der Waals surface area contributed by atoms with Gasteiger partial charge < -0.3 is 15.0 Å². The molecule has 0 aliphatic carbocycles. The van der Waals surface area contributed by atoms with Crippen LogP contribution in [0.5, 0.6) is 5.75 Å². The molecule has 1 aromatic carbocycles. The number of H-pyrrole nitrogens is 1. The molecular formula is C24H34N6O3S2. The molecule has 1 aliphatic heterocycles. The Bertz CT molecular complexity index is 1540. The Labute approximate surface area is 217 Å². The third-order valence-electron chi connectivity index (χ3n) is 5.59. The summed E-state index contributed by atoms with van der Waals surface area (Å²) >= 11 is 5.59. The fourth-order valence-corrected chi connectivity index (χ4v) is 5.71. The second kappa shape index (κ2) is 10.3. The molecule has 0 saturated carbocycles. The van der Waals surface area contributed by atoms with Gasteiger partial charge in [0.25, 0.3) is 0 Å². The van der Waals surface area contributed by atoms with Crippen molar-refractivity contribution in [3.05, 3.63) is 28.5 Å². The van der Waals surface area contributed by atoms with E-state index in [9.17, 15) is 8.42 Å². The average Bonchev–Trinajstić information content (AvgIpc) is 3.16. The number of aromatic amines is 1. The number of ether oxygens (including phenoxy) is 1. The molecule has 3 heterocycles. The van der Waals surface area contributed by atoms with E-state index in [2.05, 4.69) is 20.4 Å². The average molecular weight is 523 g/mol. The molecule has 9 nitrogen and oxygen atoms in total. The van der Waals surface area contributed by atoms with Gasteiger partial charge in [-0.05, 0) is 44.9 Å². The van der Waals surface area contributed by atoms with Crippen molar-refractivity contribution in [1.29, 1.82) is 0 Å². The first-order valence-electron chi connectivity index (χ1n) is 13.7. The minimum Gasteiger partial charge on any atom is -0.493 e. The van der Waals surface area contributed by atoms with Crippen LogP contribution in [0.3, 0.4) is 0 Å². The summed E-state index contributed by atoms with van der Waals surface area (Å²) in [6.45, 7) is 2.23. The minimum atomic E-state index is -4.67. The quantitative estimate of drug-likeness (QED) is 0.434. The van der Waals surface area contributed by atoms with Gasteiger partial charge in [0.2, 0.25) is 10.0 Å². The molecule has 1 saturated heterocycles. The maximum absolute atomic E-state index is 14.0. The summed E-state index contributed by atoms with van der Waals surface area (Å²) in [6, 6.07) is 2.20. The van der Waals surface area contributed by atoms with E-state index < -0.39 is 35.1 Å². The summed E-state index contributed by atoms with van der Waals surface area (Å²) in [7, 11) is -2.89. The lowest BCUT2D eigenvalue weighted by atomic mass is 10.1. The number of fused-ring (bicyclic) bond motifs is 1. The van der Waals surface area contributed by atoms with Crippen LogP contribution in [0.2, 0.25) is 0 Å². The number of hydrogen-bond donors (Lipinski definition) is 2. The fourth-order valence-electron chi connectivity index (χ4n) is 4.07. The van der Waals surface area contributed by atoms with Crippen LogP contribution in [0.25, 0.3) is 22.4 Å². The standard InChI is InChI=1S/C24H34N6O3S2/c1-6-8-19-21-22(29(5)28-19)24(34)27-23(26-21)18-12-17(9-10-20(18)33-11-7-2)35(31,32)30-13-15(3)25-16(4)14-30/h9-10,12,15-16,25H,6-8,11,13-14H2,1-5H3,(H,26,27,34)/t15-,16+/i13D2,14D2. The number of nitrogens with one attached hydrogen (secondary N) is 2. The summed E-state index contributed by atoms with van der Waals surface area (Å²) in [5.41, 5.74) is 2.46. The Morgan fingerprint density at radius 2 is 1.94 bits per heavy atom. The Balaban J connectivity index is 1.94. The highest BCUT2D eigenvalue weighted by molar-refractivity contribution is 7.89. The van der Waals surface area contributed by atoms with Crippen molar-refractivity contribution in [2.75, 3.05) is 19.6 Å². The van der Waals surface area contributed by atoms with Crippen LogP contribution < -0.4 is 10.1 Å². The molecule has 0 bridgehead atoms. The molecule has 3 aromatic rings. The summed E-state index contributed by atoms with van der Waals surface area (Å²) < 4.78 is 70.2. The normalized spacial score (nSPS) is 23.9. The van der Waals surface area contributed by atoms with Crippen molar-refractivity contribution in [2.45, 2.75) is 63.9 Å². The molecule has 0 amide bonds. The molecule has 2 aromatic heterocycles. The number of benzene rings is 1. The first-order valence-corrected chi connectivity index (χ1v) is 13.6. The van der Waals surface area contributed by atoms with Crippen LogP contribution in [0, 0.1) is 4.64 Å². The van der Waals surface area contributed by atoms with Gasteiger partial charge >= 0.3 is 0 Å². The number of nitrogens with zero attached hydrogens (tertiary/aromatic N) is 4. The molecule has 11 heteroatoms. The van der Waals surface area contributed by atoms with E-state index >= 15 is 0 Å². The highest BCUT2D eigenvalue weighted by Crippen LogP contribution is 2.33. The Morgan fingerprint density at radius 3 is 2.60 bits per heavy atom. The van der Waals surface area contributed by atoms with Gasteiger partial charge in [0.05, 0.1) is 28.3 Å². The molecule has 35 heavy (non-hydrogen) atoms. The van der Waals surface area contributed by atoms with Crippen molar-refractivity contribution in [3.63, 3.8) is 0 Å². The molecule has 190 valence electrons. The summed E-state index contributed by atoms with van der Waals surface area (Å²) in [5.74, 6) is 0.636. The number of piperazine rings is 1. The number of sulfonamides is 1. The molecule has 0 spiro atoms. The first kappa shape index (κ1) is 20.8. The number of aromatic nitrogens is 4. The maximum atomic E-state index is 14.0. The van der Waals surface area contributed by atoms with Crippen molar-refractivity contribution in [2.24, 2.45) is 7.05 Å². The SMILES string of the molecule is [2H]C1([2H])[C@H](C)N[C@H](C)C([2H])([2H])N1S(=O)(=O)c1ccc(OCCC)c(-c2nc(=S)c3c([nH]2)c(CCC)nn3C)c1. The van der Waals surface area contributed by atoms with E-state index in [4.69, 9.17) is 22.4 Å². The zero-order chi connectivity index (χ0) is 28.9. The topological polar surface area (TPSA) is 105 Å². The van der Waals surface area contributed by atoms with E-state index in [1.165, 1.54) is 32.0 Å². The van der Waals surface area contributed by atoms with Crippen LogP contribution in [-0.2, 0) is 23.5 Å². The predicted molar refractivity (Wildman–Crippen MR) is 140 cm³/mol. The minimum absolute atomic E-state index is 0.272. The molecule has 4 rings (SSSR count). The van der Waals surface area contributed by atoms with Crippen molar-refractivity contribution in [1.82, 2.24) is 29.4 Å². The lowest BCUT2D eigenvalue weighted by Gasteiger charge is -2.35. The smallest absolute Gasteiger partial charge is 0.243 e. The molecule has 2 N–H and O–H groups in total. The van der Waals surface area contributed by atoms with Gasteiger partial charge in [-0.2, -0.15) is 9.40 Å². The van der Waals surface area contributed by atoms with Crippen molar-refractivity contribution >= 4 is 33.3 Å². The third kappa shape index (κ3) is 5.13. The second-order valence-corrected chi connectivity index (χ2v) is 10.8. The highest BCUT2D eigenvalue weighted by atomic mass is 32.2. The van der Waals surface area contributed by atoms with Crippen LogP contribution in [-0.4, -0.2) is 64.2 Å². The van der Waals surface area contributed by atoms with Gasteiger partial charge in [0, 0.05) is 37.6 Å². The van der Waals surface area contributed by atoms with Crippen LogP contribution in [0.15, 0.2) is 23.1 Å². The first-order chi connectivity index (χ1) is 18.2. The Hall–Kier alpha value is -2.34. The monoisotopic (exact) mass is 522 g/mol. The lowest BCUT2D eigenvalue weighted by molar-refractivity contribution is 0.263. The molecule has 0 radical (unpaired) electrons.